The maximum Gasteiger partial charge on any atom is 0.305 e. The molecule has 1 heterocycles. The Labute approximate surface area is 67.9 Å². The van der Waals surface area contributed by atoms with E-state index in [1.165, 1.54) is 0 Å². The summed E-state index contributed by atoms with van der Waals surface area (Å²) in [5.41, 5.74) is 0. The van der Waals surface area contributed by atoms with Crippen molar-refractivity contribution in [2.75, 3.05) is 6.54 Å². The fraction of sp³-hybridized carbons (Fsp3) is 0.500. The lowest BCUT2D eigenvalue weighted by Crippen LogP contribution is -2.56. The molecule has 6 heteroatoms. The summed E-state index contributed by atoms with van der Waals surface area (Å²) in [6.07, 6.45) is -0.377. The fourth-order valence-electron chi connectivity index (χ4n) is 0.920. The molecule has 1 aliphatic heterocycles. The number of nitrogens with one attached hydrogen (secondary N) is 2. The van der Waals surface area contributed by atoms with Gasteiger partial charge >= 0.3 is 5.97 Å². The first-order valence-electron chi connectivity index (χ1n) is 3.38. The van der Waals surface area contributed by atoms with Crippen LogP contribution < -0.4 is 10.6 Å². The van der Waals surface area contributed by atoms with E-state index < -0.39 is 17.9 Å². The number of carboxylic acids is 1. The Morgan fingerprint density at radius 1 is 1.58 bits per heavy atom. The highest BCUT2D eigenvalue weighted by Gasteiger charge is 2.27. The predicted molar refractivity (Wildman–Crippen MR) is 37.2 cm³/mol. The van der Waals surface area contributed by atoms with Crippen molar-refractivity contribution < 1.29 is 19.5 Å². The van der Waals surface area contributed by atoms with Crippen molar-refractivity contribution in [1.82, 2.24) is 10.6 Å². The number of aliphatic carboxylic acids is 1. The number of rotatable bonds is 2. The van der Waals surface area contributed by atoms with Crippen molar-refractivity contribution in [2.24, 2.45) is 0 Å². The molecular formula is C6H8N2O4. The van der Waals surface area contributed by atoms with Gasteiger partial charge in [-0.2, -0.15) is 0 Å². The monoisotopic (exact) mass is 172 g/mol. The SMILES string of the molecule is O=C(O)CC1NC(=O)CNC1=O. The number of amides is 2. The highest BCUT2D eigenvalue weighted by molar-refractivity contribution is 5.96. The van der Waals surface area contributed by atoms with Crippen LogP contribution in [0.5, 0.6) is 0 Å². The quantitative estimate of drug-likeness (QED) is 0.452. The van der Waals surface area contributed by atoms with Gasteiger partial charge in [0.2, 0.25) is 11.8 Å². The third kappa shape index (κ3) is 1.94. The Morgan fingerprint density at radius 2 is 2.25 bits per heavy atom. The van der Waals surface area contributed by atoms with Crippen LogP contribution in [0.25, 0.3) is 0 Å². The molecule has 0 spiro atoms. The molecule has 0 radical (unpaired) electrons. The van der Waals surface area contributed by atoms with Gasteiger partial charge in [-0.15, -0.1) is 0 Å². The maximum absolute atomic E-state index is 10.9. The van der Waals surface area contributed by atoms with E-state index in [1.807, 2.05) is 0 Å². The molecule has 1 rings (SSSR count). The molecule has 0 aromatic heterocycles. The van der Waals surface area contributed by atoms with E-state index in [-0.39, 0.29) is 18.9 Å². The van der Waals surface area contributed by atoms with Gasteiger partial charge in [0.05, 0.1) is 13.0 Å². The number of carbonyl (C=O) groups is 3. The summed E-state index contributed by atoms with van der Waals surface area (Å²) in [6, 6.07) is -0.927. The summed E-state index contributed by atoms with van der Waals surface area (Å²) in [5.74, 6) is -1.92. The fourth-order valence-corrected chi connectivity index (χ4v) is 0.920. The van der Waals surface area contributed by atoms with Crippen LogP contribution in [0, 0.1) is 0 Å². The minimum atomic E-state index is -1.11. The van der Waals surface area contributed by atoms with Crippen LogP contribution in [0.2, 0.25) is 0 Å². The van der Waals surface area contributed by atoms with Crippen molar-refractivity contribution in [2.45, 2.75) is 12.5 Å². The van der Waals surface area contributed by atoms with Gasteiger partial charge in [0, 0.05) is 0 Å². The highest BCUT2D eigenvalue weighted by atomic mass is 16.4. The molecule has 0 aromatic rings. The molecule has 0 aliphatic carbocycles. The summed E-state index contributed by atoms with van der Waals surface area (Å²) in [7, 11) is 0. The van der Waals surface area contributed by atoms with Crippen LogP contribution in [0.15, 0.2) is 0 Å². The zero-order chi connectivity index (χ0) is 9.14. The van der Waals surface area contributed by atoms with Gasteiger partial charge in [0.1, 0.15) is 6.04 Å². The number of hydrogen-bond acceptors (Lipinski definition) is 3. The van der Waals surface area contributed by atoms with Gasteiger partial charge in [-0.1, -0.05) is 0 Å². The van der Waals surface area contributed by atoms with E-state index in [2.05, 4.69) is 10.6 Å². The minimum absolute atomic E-state index is 0.0745. The number of carboxylic acid groups (broad SMARTS) is 1. The second-order valence-electron chi connectivity index (χ2n) is 2.44. The predicted octanol–water partition coefficient (Wildman–Crippen LogP) is -1.92. The molecule has 1 unspecified atom stereocenters. The second-order valence-corrected chi connectivity index (χ2v) is 2.44. The topological polar surface area (TPSA) is 95.5 Å². The van der Waals surface area contributed by atoms with Crippen molar-refractivity contribution in [3.63, 3.8) is 0 Å². The Kier molecular flexibility index (Phi) is 2.27. The number of carbonyl (C=O) groups excluding carboxylic acids is 2. The Hall–Kier alpha value is -1.59. The lowest BCUT2D eigenvalue weighted by atomic mass is 10.1. The molecule has 6 nitrogen and oxygen atoms in total. The molecule has 3 N–H and O–H groups in total. The Balaban J connectivity index is 2.55. The zero-order valence-corrected chi connectivity index (χ0v) is 6.16. The third-order valence-electron chi connectivity index (χ3n) is 1.45. The number of hydrogen-bond donors (Lipinski definition) is 3. The first kappa shape index (κ1) is 8.51. The highest BCUT2D eigenvalue weighted by Crippen LogP contribution is 1.95. The lowest BCUT2D eigenvalue weighted by Gasteiger charge is -2.21. The molecule has 0 bridgehead atoms. The van der Waals surface area contributed by atoms with Gasteiger partial charge < -0.3 is 15.7 Å². The van der Waals surface area contributed by atoms with Gasteiger partial charge in [0.25, 0.3) is 0 Å². The van der Waals surface area contributed by atoms with Crippen LogP contribution in [-0.2, 0) is 14.4 Å². The zero-order valence-electron chi connectivity index (χ0n) is 6.16. The van der Waals surface area contributed by atoms with Crippen molar-refractivity contribution in [3.05, 3.63) is 0 Å². The number of piperazine rings is 1. The van der Waals surface area contributed by atoms with E-state index in [4.69, 9.17) is 5.11 Å². The first-order valence-corrected chi connectivity index (χ1v) is 3.38. The average Bonchev–Trinajstić information content (AvgIpc) is 1.96. The summed E-state index contributed by atoms with van der Waals surface area (Å²) in [4.78, 5) is 31.8. The van der Waals surface area contributed by atoms with E-state index in [1.54, 1.807) is 0 Å². The molecule has 1 fully saturated rings. The standard InChI is InChI=1S/C6H8N2O4/c9-4-2-7-6(12)3(8-4)1-5(10)11/h3H,1-2H2,(H,7,12)(H,8,9)(H,10,11). The largest absolute Gasteiger partial charge is 0.481 e. The van der Waals surface area contributed by atoms with Crippen molar-refractivity contribution in [3.8, 4) is 0 Å². The third-order valence-corrected chi connectivity index (χ3v) is 1.45. The smallest absolute Gasteiger partial charge is 0.305 e. The molecule has 1 aliphatic rings. The molecular weight excluding hydrogens is 164 g/mol. The summed E-state index contributed by atoms with van der Waals surface area (Å²) in [5, 5.41) is 12.9. The van der Waals surface area contributed by atoms with E-state index in [0.717, 1.165) is 0 Å². The average molecular weight is 172 g/mol. The Bertz CT molecular complexity index is 236. The molecule has 1 atom stereocenters. The molecule has 2 amide bonds. The van der Waals surface area contributed by atoms with Gasteiger partial charge in [-0.05, 0) is 0 Å². The minimum Gasteiger partial charge on any atom is -0.481 e. The van der Waals surface area contributed by atoms with Crippen LogP contribution in [0.4, 0.5) is 0 Å². The van der Waals surface area contributed by atoms with Gasteiger partial charge in [0.15, 0.2) is 0 Å². The van der Waals surface area contributed by atoms with Crippen LogP contribution in [0.3, 0.4) is 0 Å². The molecule has 66 valence electrons. The summed E-state index contributed by atoms with van der Waals surface area (Å²) >= 11 is 0. The van der Waals surface area contributed by atoms with E-state index in [0.29, 0.717) is 0 Å². The van der Waals surface area contributed by atoms with Crippen molar-refractivity contribution >= 4 is 17.8 Å². The summed E-state index contributed by atoms with van der Waals surface area (Å²) in [6.45, 7) is -0.0745. The molecule has 1 saturated heterocycles. The lowest BCUT2D eigenvalue weighted by molar-refractivity contribution is -0.142. The van der Waals surface area contributed by atoms with Crippen LogP contribution in [-0.4, -0.2) is 35.5 Å². The summed E-state index contributed by atoms with van der Waals surface area (Å²) < 4.78 is 0. The molecule has 0 aromatic carbocycles. The Morgan fingerprint density at radius 3 is 2.83 bits per heavy atom. The molecule has 0 saturated carbocycles. The first-order chi connectivity index (χ1) is 5.59. The van der Waals surface area contributed by atoms with Gasteiger partial charge in [-0.3, -0.25) is 14.4 Å². The molecule has 12 heavy (non-hydrogen) atoms. The maximum atomic E-state index is 10.9. The second kappa shape index (κ2) is 3.21. The van der Waals surface area contributed by atoms with E-state index in [9.17, 15) is 14.4 Å². The van der Waals surface area contributed by atoms with E-state index >= 15 is 0 Å². The van der Waals surface area contributed by atoms with Crippen LogP contribution >= 0.6 is 0 Å². The van der Waals surface area contributed by atoms with Gasteiger partial charge in [-0.25, -0.2) is 0 Å². The van der Waals surface area contributed by atoms with Crippen LogP contribution in [0.1, 0.15) is 6.42 Å². The normalized spacial score (nSPS) is 22.8. The van der Waals surface area contributed by atoms with Crippen molar-refractivity contribution in [1.29, 1.82) is 0 Å².